The lowest BCUT2D eigenvalue weighted by molar-refractivity contribution is 0.102. The zero-order valence-electron chi connectivity index (χ0n) is 25.8. The Balaban J connectivity index is 1.04. The summed E-state index contributed by atoms with van der Waals surface area (Å²) in [4.78, 5) is 39.7. The van der Waals surface area contributed by atoms with E-state index >= 15 is 0 Å². The molecule has 5 N–H and O–H groups in total. The third-order valence-corrected chi connectivity index (χ3v) is 8.84. The molecule has 16 nitrogen and oxygen atoms in total. The number of aromatic amines is 1. The molecule has 1 aliphatic rings. The van der Waals surface area contributed by atoms with Crippen molar-refractivity contribution in [3.63, 3.8) is 0 Å². The van der Waals surface area contributed by atoms with Gasteiger partial charge in [0.05, 0.1) is 11.1 Å². The summed E-state index contributed by atoms with van der Waals surface area (Å²) < 4.78 is 24.7. The number of benzene rings is 1. The van der Waals surface area contributed by atoms with Crippen LogP contribution in [0.25, 0.3) is 28.1 Å². The van der Waals surface area contributed by atoms with Crippen LogP contribution in [-0.4, -0.2) is 97.0 Å². The summed E-state index contributed by atoms with van der Waals surface area (Å²) in [7, 11) is -1.75. The SMILES string of the molecule is CN1CCN(Cc2ccc(NC(=O)c3n[nH]cc3Nc3ncnc4c3ccn4-c3ncc(-c4ccc(S(N)(=O)=O)nc4)cn3)cc2)CC1. The minimum absolute atomic E-state index is 0.174. The second-order valence-corrected chi connectivity index (χ2v) is 12.9. The average Bonchev–Trinajstić information content (AvgIpc) is 3.75. The van der Waals surface area contributed by atoms with E-state index in [1.807, 2.05) is 30.3 Å². The van der Waals surface area contributed by atoms with Crippen LogP contribution in [0.1, 0.15) is 16.1 Å². The maximum Gasteiger partial charge on any atom is 0.278 e. The molecule has 1 aromatic carbocycles. The molecule has 1 amide bonds. The van der Waals surface area contributed by atoms with Crippen molar-refractivity contribution < 1.29 is 13.2 Å². The molecule has 5 aromatic heterocycles. The molecule has 0 unspecified atom stereocenters. The van der Waals surface area contributed by atoms with E-state index in [9.17, 15) is 13.2 Å². The first-order valence-corrected chi connectivity index (χ1v) is 16.5. The van der Waals surface area contributed by atoms with E-state index in [1.54, 1.807) is 35.4 Å². The highest BCUT2D eigenvalue weighted by molar-refractivity contribution is 7.89. The molecule has 6 heterocycles. The summed E-state index contributed by atoms with van der Waals surface area (Å²) in [5.74, 6) is 0.432. The molecule has 1 aliphatic heterocycles. The average molecular weight is 666 g/mol. The molecular formula is C31H31N13O3S. The molecule has 0 radical (unpaired) electrons. The summed E-state index contributed by atoms with van der Waals surface area (Å²) in [5.41, 5.74) is 4.26. The summed E-state index contributed by atoms with van der Waals surface area (Å²) >= 11 is 0. The van der Waals surface area contributed by atoms with Crippen molar-refractivity contribution >= 4 is 44.2 Å². The van der Waals surface area contributed by atoms with E-state index in [4.69, 9.17) is 5.14 Å². The normalized spacial score (nSPS) is 14.3. The lowest BCUT2D eigenvalue weighted by atomic mass is 10.1. The minimum atomic E-state index is -3.90. The molecule has 0 saturated carbocycles. The molecule has 1 saturated heterocycles. The van der Waals surface area contributed by atoms with Crippen LogP contribution in [0.15, 0.2) is 84.8 Å². The van der Waals surface area contributed by atoms with Gasteiger partial charge < -0.3 is 15.5 Å². The van der Waals surface area contributed by atoms with Crippen molar-refractivity contribution in [2.75, 3.05) is 43.9 Å². The van der Waals surface area contributed by atoms with Crippen LogP contribution in [0.2, 0.25) is 0 Å². The fourth-order valence-electron chi connectivity index (χ4n) is 5.36. The zero-order chi connectivity index (χ0) is 33.3. The fraction of sp³-hybridized carbons (Fsp3) is 0.194. The molecule has 1 fully saturated rings. The maximum atomic E-state index is 13.2. The van der Waals surface area contributed by atoms with Crippen molar-refractivity contribution in [1.82, 2.24) is 49.5 Å². The van der Waals surface area contributed by atoms with Crippen LogP contribution in [0.3, 0.4) is 0 Å². The van der Waals surface area contributed by atoms with Gasteiger partial charge in [-0.05, 0) is 42.9 Å². The van der Waals surface area contributed by atoms with Crippen molar-refractivity contribution in [2.24, 2.45) is 5.14 Å². The highest BCUT2D eigenvalue weighted by Crippen LogP contribution is 2.27. The number of nitrogens with one attached hydrogen (secondary N) is 3. The number of primary sulfonamides is 1. The Bertz CT molecular complexity index is 2170. The Morgan fingerprint density at radius 3 is 2.38 bits per heavy atom. The standard InChI is InChI=1S/C31H31N13O3S/c1-42-10-12-43(13-11-42)18-20-2-5-23(6-3-20)39-30(45)27-25(17-38-41-27)40-28-24-8-9-44(29(24)37-19-36-28)31-34-15-22(16-35-31)21-4-7-26(33-14-21)48(32,46)47/h2-9,14-17,19H,10-13,18H2,1H3,(H,38,41)(H,39,45)(H2,32,46,47)(H,36,37,40). The third-order valence-electron chi connectivity index (χ3n) is 8.02. The predicted octanol–water partition coefficient (Wildman–Crippen LogP) is 2.39. The smallest absolute Gasteiger partial charge is 0.278 e. The van der Waals surface area contributed by atoms with E-state index < -0.39 is 10.0 Å². The third kappa shape index (κ3) is 6.60. The van der Waals surface area contributed by atoms with Gasteiger partial charge in [0.15, 0.2) is 16.4 Å². The molecular weight excluding hydrogens is 634 g/mol. The summed E-state index contributed by atoms with van der Waals surface area (Å²) in [6, 6.07) is 12.6. The number of nitrogens with two attached hydrogens (primary N) is 1. The van der Waals surface area contributed by atoms with Crippen molar-refractivity contribution in [1.29, 1.82) is 0 Å². The number of piperazine rings is 1. The summed E-state index contributed by atoms with van der Waals surface area (Å²) in [6.07, 6.45) is 9.34. The molecule has 48 heavy (non-hydrogen) atoms. The van der Waals surface area contributed by atoms with E-state index in [1.165, 1.54) is 24.2 Å². The molecule has 0 bridgehead atoms. The van der Waals surface area contributed by atoms with Crippen LogP contribution in [-0.2, 0) is 16.6 Å². The van der Waals surface area contributed by atoms with Crippen LogP contribution in [0, 0.1) is 0 Å². The lowest BCUT2D eigenvalue weighted by Crippen LogP contribution is -2.43. The number of carbonyl (C=O) groups is 1. The first-order chi connectivity index (χ1) is 23.2. The Morgan fingerprint density at radius 1 is 0.917 bits per heavy atom. The quantitative estimate of drug-likeness (QED) is 0.176. The monoisotopic (exact) mass is 665 g/mol. The highest BCUT2D eigenvalue weighted by atomic mass is 32.2. The Labute approximate surface area is 275 Å². The first kappa shape index (κ1) is 31.0. The van der Waals surface area contributed by atoms with Gasteiger partial charge >= 0.3 is 0 Å². The number of hydrogen-bond acceptors (Lipinski definition) is 12. The van der Waals surface area contributed by atoms with E-state index in [-0.39, 0.29) is 16.6 Å². The Morgan fingerprint density at radius 2 is 1.67 bits per heavy atom. The van der Waals surface area contributed by atoms with Gasteiger partial charge in [-0.25, -0.2) is 38.5 Å². The second-order valence-electron chi connectivity index (χ2n) is 11.4. The van der Waals surface area contributed by atoms with Gasteiger partial charge in [0, 0.05) is 80.5 Å². The molecule has 17 heteroatoms. The van der Waals surface area contributed by atoms with Crippen LogP contribution in [0.5, 0.6) is 0 Å². The van der Waals surface area contributed by atoms with Gasteiger partial charge in [0.25, 0.3) is 15.9 Å². The van der Waals surface area contributed by atoms with Crippen molar-refractivity contribution in [3.8, 4) is 17.1 Å². The largest absolute Gasteiger partial charge is 0.336 e. The van der Waals surface area contributed by atoms with Gasteiger partial charge in [0.2, 0.25) is 5.95 Å². The van der Waals surface area contributed by atoms with Crippen LogP contribution in [0.4, 0.5) is 17.2 Å². The number of likely N-dealkylation sites (N-methyl/N-ethyl adjacent to an activating group) is 1. The minimum Gasteiger partial charge on any atom is -0.336 e. The first-order valence-electron chi connectivity index (χ1n) is 15.0. The number of sulfonamides is 1. The van der Waals surface area contributed by atoms with Gasteiger partial charge in [-0.15, -0.1) is 0 Å². The topological polar surface area (TPSA) is 206 Å². The van der Waals surface area contributed by atoms with E-state index in [0.29, 0.717) is 45.3 Å². The molecule has 0 aliphatic carbocycles. The molecule has 0 spiro atoms. The molecule has 0 atom stereocenters. The number of hydrogen-bond donors (Lipinski definition) is 4. The van der Waals surface area contributed by atoms with Crippen molar-refractivity contribution in [3.05, 3.63) is 91.0 Å². The number of H-pyrrole nitrogens is 1. The second kappa shape index (κ2) is 12.9. The number of aromatic nitrogens is 8. The number of carbonyl (C=O) groups excluding carboxylic acids is 1. The van der Waals surface area contributed by atoms with Crippen LogP contribution >= 0.6 is 0 Å². The van der Waals surface area contributed by atoms with E-state index in [0.717, 1.165) is 32.7 Å². The van der Waals surface area contributed by atoms with Gasteiger partial charge in [-0.2, -0.15) is 5.10 Å². The predicted molar refractivity (Wildman–Crippen MR) is 178 cm³/mol. The zero-order valence-corrected chi connectivity index (χ0v) is 26.6. The van der Waals surface area contributed by atoms with Crippen molar-refractivity contribution in [2.45, 2.75) is 11.6 Å². The van der Waals surface area contributed by atoms with E-state index in [2.05, 4.69) is 62.6 Å². The van der Waals surface area contributed by atoms with Gasteiger partial charge in [-0.3, -0.25) is 19.4 Å². The number of rotatable bonds is 9. The highest BCUT2D eigenvalue weighted by Gasteiger charge is 2.19. The maximum absolute atomic E-state index is 13.2. The molecule has 6 aromatic rings. The summed E-state index contributed by atoms with van der Waals surface area (Å²) in [5, 5.41) is 18.6. The number of fused-ring (bicyclic) bond motifs is 1. The number of nitrogens with zero attached hydrogens (tertiary/aromatic N) is 9. The number of anilines is 3. The Hall–Kier alpha value is -5.62. The lowest BCUT2D eigenvalue weighted by Gasteiger charge is -2.32. The number of amides is 1. The summed E-state index contributed by atoms with van der Waals surface area (Å²) in [6.45, 7) is 5.08. The molecule has 7 rings (SSSR count). The van der Waals surface area contributed by atoms with Gasteiger partial charge in [0.1, 0.15) is 12.1 Å². The van der Waals surface area contributed by atoms with Crippen LogP contribution < -0.4 is 15.8 Å². The number of pyridine rings is 1. The molecule has 244 valence electrons. The fourth-order valence-corrected chi connectivity index (χ4v) is 5.82. The Kier molecular flexibility index (Phi) is 8.32. The van der Waals surface area contributed by atoms with Gasteiger partial charge in [-0.1, -0.05) is 12.1 Å².